The molecule has 3 rings (SSSR count). The van der Waals surface area contributed by atoms with Gasteiger partial charge in [-0.3, -0.25) is 10.1 Å². The van der Waals surface area contributed by atoms with E-state index in [1.165, 1.54) is 22.5 Å². The van der Waals surface area contributed by atoms with Gasteiger partial charge in [0.1, 0.15) is 0 Å². The molecule has 1 aliphatic heterocycles. The maximum absolute atomic E-state index is 13.0. The molecule has 1 aliphatic rings. The average molecular weight is 396 g/mol. The highest BCUT2D eigenvalue weighted by molar-refractivity contribution is 7.88. The number of nitrogens with one attached hydrogen (secondary N) is 1. The molecule has 1 saturated heterocycles. The van der Waals surface area contributed by atoms with E-state index in [2.05, 4.69) is 5.32 Å². The second kappa shape index (κ2) is 7.71. The molecular weight excluding hydrogens is 378 g/mol. The number of nitro benzene ring substituents is 1. The van der Waals surface area contributed by atoms with Gasteiger partial charge in [-0.2, -0.15) is 4.31 Å². The van der Waals surface area contributed by atoms with Gasteiger partial charge in [0.05, 0.1) is 16.7 Å². The zero-order chi connectivity index (χ0) is 18.7. The molecule has 2 aromatic rings. The molecule has 1 atom stereocenters. The van der Waals surface area contributed by atoms with E-state index < -0.39 is 21.0 Å². The fourth-order valence-corrected chi connectivity index (χ4v) is 5.06. The molecule has 138 valence electrons. The van der Waals surface area contributed by atoms with Gasteiger partial charge >= 0.3 is 0 Å². The fraction of sp³-hybridized carbons (Fsp3) is 0.294. The van der Waals surface area contributed by atoms with E-state index in [0.29, 0.717) is 30.2 Å². The highest BCUT2D eigenvalue weighted by Crippen LogP contribution is 2.31. The lowest BCUT2D eigenvalue weighted by Gasteiger charge is -2.35. The third-order valence-corrected chi connectivity index (χ3v) is 6.48. The predicted molar refractivity (Wildman–Crippen MR) is 99.5 cm³/mol. The molecule has 1 fully saturated rings. The summed E-state index contributed by atoms with van der Waals surface area (Å²) < 4.78 is 27.5. The van der Waals surface area contributed by atoms with Crippen LogP contribution in [0.25, 0.3) is 0 Å². The molecule has 0 aromatic heterocycles. The van der Waals surface area contributed by atoms with Crippen LogP contribution in [0.2, 0.25) is 5.02 Å². The van der Waals surface area contributed by atoms with Crippen molar-refractivity contribution in [2.45, 2.75) is 11.8 Å². The van der Waals surface area contributed by atoms with E-state index >= 15 is 0 Å². The predicted octanol–water partition coefficient (Wildman–Crippen LogP) is 2.72. The van der Waals surface area contributed by atoms with Gasteiger partial charge in [-0.05, 0) is 17.2 Å². The Balaban J connectivity index is 1.90. The standard InChI is InChI=1S/C17H18ClN3O4S/c18-16-7-2-1-6-15(16)17-11-19-8-9-20(17)26(24,25)12-13-4-3-5-14(10-13)21(22)23/h1-7,10,17,19H,8-9,11-12H2. The van der Waals surface area contributed by atoms with Crippen molar-refractivity contribution in [3.63, 3.8) is 0 Å². The molecule has 0 aliphatic carbocycles. The zero-order valence-electron chi connectivity index (χ0n) is 13.8. The van der Waals surface area contributed by atoms with E-state index in [4.69, 9.17) is 11.6 Å². The molecule has 1 heterocycles. The molecule has 0 radical (unpaired) electrons. The van der Waals surface area contributed by atoms with Crippen molar-refractivity contribution < 1.29 is 13.3 Å². The van der Waals surface area contributed by atoms with Gasteiger partial charge < -0.3 is 5.32 Å². The van der Waals surface area contributed by atoms with Crippen LogP contribution in [-0.2, 0) is 15.8 Å². The van der Waals surface area contributed by atoms with Gasteiger partial charge in [0.2, 0.25) is 10.0 Å². The largest absolute Gasteiger partial charge is 0.313 e. The summed E-state index contributed by atoms with van der Waals surface area (Å²) in [5.41, 5.74) is 1.00. The van der Waals surface area contributed by atoms with Gasteiger partial charge in [-0.15, -0.1) is 0 Å². The number of halogens is 1. The van der Waals surface area contributed by atoms with Crippen LogP contribution >= 0.6 is 11.6 Å². The van der Waals surface area contributed by atoms with Crippen LogP contribution in [0.15, 0.2) is 48.5 Å². The maximum Gasteiger partial charge on any atom is 0.269 e. The first-order chi connectivity index (χ1) is 12.4. The smallest absolute Gasteiger partial charge is 0.269 e. The maximum atomic E-state index is 13.0. The molecule has 0 amide bonds. The fourth-order valence-electron chi connectivity index (χ4n) is 3.08. The lowest BCUT2D eigenvalue weighted by atomic mass is 10.1. The number of non-ortho nitro benzene ring substituents is 1. The number of rotatable bonds is 5. The monoisotopic (exact) mass is 395 g/mol. The number of nitro groups is 1. The molecular formula is C17H18ClN3O4S. The summed E-state index contributed by atoms with van der Waals surface area (Å²) in [5, 5.41) is 14.6. The number of nitrogens with zero attached hydrogens (tertiary/aromatic N) is 2. The Morgan fingerprint density at radius 2 is 2.00 bits per heavy atom. The Morgan fingerprint density at radius 1 is 1.23 bits per heavy atom. The molecule has 0 bridgehead atoms. The Kier molecular flexibility index (Phi) is 5.57. The number of hydrogen-bond acceptors (Lipinski definition) is 5. The number of hydrogen-bond donors (Lipinski definition) is 1. The summed E-state index contributed by atoms with van der Waals surface area (Å²) in [5.74, 6) is -0.296. The van der Waals surface area contributed by atoms with E-state index in [-0.39, 0.29) is 11.4 Å². The average Bonchev–Trinajstić information content (AvgIpc) is 2.62. The lowest BCUT2D eigenvalue weighted by molar-refractivity contribution is -0.384. The van der Waals surface area contributed by atoms with E-state index in [1.54, 1.807) is 18.2 Å². The second-order valence-electron chi connectivity index (χ2n) is 6.04. The first kappa shape index (κ1) is 18.8. The number of sulfonamides is 1. The highest BCUT2D eigenvalue weighted by atomic mass is 35.5. The molecule has 26 heavy (non-hydrogen) atoms. The van der Waals surface area contributed by atoms with Crippen LogP contribution in [0.3, 0.4) is 0 Å². The van der Waals surface area contributed by atoms with Gasteiger partial charge in [-0.25, -0.2) is 8.42 Å². The van der Waals surface area contributed by atoms with E-state index in [1.807, 2.05) is 12.1 Å². The first-order valence-electron chi connectivity index (χ1n) is 8.06. The topological polar surface area (TPSA) is 92.5 Å². The third-order valence-electron chi connectivity index (χ3n) is 4.29. The Morgan fingerprint density at radius 3 is 2.73 bits per heavy atom. The minimum absolute atomic E-state index is 0.124. The molecule has 9 heteroatoms. The Hall–Kier alpha value is -2.00. The van der Waals surface area contributed by atoms with Crippen LogP contribution in [0.1, 0.15) is 17.2 Å². The number of benzene rings is 2. The lowest BCUT2D eigenvalue weighted by Crippen LogP contribution is -2.49. The Labute approximate surface area is 156 Å². The number of piperazine rings is 1. The van der Waals surface area contributed by atoms with Crippen LogP contribution < -0.4 is 5.32 Å². The minimum atomic E-state index is -3.68. The van der Waals surface area contributed by atoms with Crippen LogP contribution in [0, 0.1) is 10.1 Å². The first-order valence-corrected chi connectivity index (χ1v) is 10.1. The van der Waals surface area contributed by atoms with E-state index in [0.717, 1.165) is 5.56 Å². The van der Waals surface area contributed by atoms with Crippen LogP contribution in [-0.4, -0.2) is 37.3 Å². The molecule has 0 spiro atoms. The van der Waals surface area contributed by atoms with Crippen molar-refractivity contribution in [2.75, 3.05) is 19.6 Å². The SMILES string of the molecule is O=[N+]([O-])c1cccc(CS(=O)(=O)N2CCNCC2c2ccccc2Cl)c1. The highest BCUT2D eigenvalue weighted by Gasteiger charge is 2.34. The minimum Gasteiger partial charge on any atom is -0.313 e. The van der Waals surface area contributed by atoms with Gasteiger partial charge in [0.15, 0.2) is 0 Å². The summed E-state index contributed by atoms with van der Waals surface area (Å²) in [6.45, 7) is 1.31. The molecule has 7 nitrogen and oxygen atoms in total. The zero-order valence-corrected chi connectivity index (χ0v) is 15.4. The van der Waals surface area contributed by atoms with Crippen molar-refractivity contribution in [3.8, 4) is 0 Å². The molecule has 1 unspecified atom stereocenters. The Bertz CT molecular complexity index is 920. The molecule has 0 saturated carbocycles. The van der Waals surface area contributed by atoms with Crippen molar-refractivity contribution in [1.29, 1.82) is 0 Å². The summed E-state index contributed by atoms with van der Waals surface area (Å²) in [7, 11) is -3.68. The summed E-state index contributed by atoms with van der Waals surface area (Å²) in [4.78, 5) is 10.4. The molecule has 2 aromatic carbocycles. The van der Waals surface area contributed by atoms with Gasteiger partial charge in [-0.1, -0.05) is 41.9 Å². The quantitative estimate of drug-likeness (QED) is 0.620. The van der Waals surface area contributed by atoms with Crippen LogP contribution in [0.4, 0.5) is 5.69 Å². The second-order valence-corrected chi connectivity index (χ2v) is 8.36. The van der Waals surface area contributed by atoms with Crippen molar-refractivity contribution >= 4 is 27.3 Å². The molecule has 1 N–H and O–H groups in total. The van der Waals surface area contributed by atoms with E-state index in [9.17, 15) is 18.5 Å². The third kappa shape index (κ3) is 4.04. The summed E-state index contributed by atoms with van der Waals surface area (Å²) in [6.07, 6.45) is 0. The van der Waals surface area contributed by atoms with Crippen molar-refractivity contribution in [2.24, 2.45) is 0 Å². The van der Waals surface area contributed by atoms with Gasteiger partial charge in [0, 0.05) is 36.8 Å². The van der Waals surface area contributed by atoms with Crippen LogP contribution in [0.5, 0.6) is 0 Å². The van der Waals surface area contributed by atoms with Crippen molar-refractivity contribution in [3.05, 3.63) is 74.8 Å². The van der Waals surface area contributed by atoms with Crippen molar-refractivity contribution in [1.82, 2.24) is 9.62 Å². The van der Waals surface area contributed by atoms with Gasteiger partial charge in [0.25, 0.3) is 5.69 Å². The summed E-state index contributed by atoms with van der Waals surface area (Å²) in [6, 6.07) is 12.5. The normalized spacial score (nSPS) is 18.6. The summed E-state index contributed by atoms with van der Waals surface area (Å²) >= 11 is 6.26.